The van der Waals surface area contributed by atoms with Crippen molar-refractivity contribution < 1.29 is 23.9 Å². The summed E-state index contributed by atoms with van der Waals surface area (Å²) in [5.41, 5.74) is 1.08. The zero-order valence-corrected chi connectivity index (χ0v) is 13.1. The molecule has 126 valence electrons. The summed E-state index contributed by atoms with van der Waals surface area (Å²) >= 11 is 0. The van der Waals surface area contributed by atoms with E-state index in [1.807, 2.05) is 0 Å². The average molecular weight is 338 g/mol. The minimum absolute atomic E-state index is 0.252. The van der Waals surface area contributed by atoms with Crippen LogP contribution in [0.25, 0.3) is 0 Å². The first kappa shape index (κ1) is 16.4. The number of esters is 1. The molecule has 2 aromatic rings. The van der Waals surface area contributed by atoms with Crippen LogP contribution in [0.2, 0.25) is 0 Å². The maximum Gasteiger partial charge on any atom is 0.326 e. The molecule has 25 heavy (non-hydrogen) atoms. The molecule has 0 saturated carbocycles. The Morgan fingerprint density at radius 1 is 0.880 bits per heavy atom. The van der Waals surface area contributed by atoms with Gasteiger partial charge in [-0.2, -0.15) is 0 Å². The number of carbonyl (C=O) groups excluding carboxylic acids is 4. The summed E-state index contributed by atoms with van der Waals surface area (Å²) in [4.78, 5) is 48.7. The number of anilines is 1. The van der Waals surface area contributed by atoms with Gasteiger partial charge in [0.15, 0.2) is 6.61 Å². The molecule has 0 aromatic heterocycles. The number of nitrogens with one attached hydrogen (secondary N) is 1. The van der Waals surface area contributed by atoms with Gasteiger partial charge in [0.2, 0.25) is 0 Å². The fourth-order valence-electron chi connectivity index (χ4n) is 2.42. The largest absolute Gasteiger partial charge is 0.454 e. The Labute approximate surface area is 143 Å². The summed E-state index contributed by atoms with van der Waals surface area (Å²) in [6, 6.07) is 15.0. The molecule has 2 aromatic carbocycles. The Balaban J connectivity index is 1.53. The van der Waals surface area contributed by atoms with Crippen molar-refractivity contribution in [2.24, 2.45) is 0 Å². The van der Waals surface area contributed by atoms with Crippen LogP contribution in [0.5, 0.6) is 0 Å². The van der Waals surface area contributed by atoms with Gasteiger partial charge in [0.25, 0.3) is 17.7 Å². The van der Waals surface area contributed by atoms with Crippen LogP contribution in [-0.2, 0) is 14.3 Å². The highest BCUT2D eigenvalue weighted by Gasteiger charge is 2.36. The highest BCUT2D eigenvalue weighted by molar-refractivity contribution is 6.22. The Morgan fingerprint density at radius 3 is 2.04 bits per heavy atom. The van der Waals surface area contributed by atoms with Crippen LogP contribution in [0.3, 0.4) is 0 Å². The lowest BCUT2D eigenvalue weighted by Crippen LogP contribution is -2.36. The second kappa shape index (κ2) is 6.96. The zero-order chi connectivity index (χ0) is 17.8. The van der Waals surface area contributed by atoms with Crippen LogP contribution in [0.4, 0.5) is 5.69 Å². The topological polar surface area (TPSA) is 92.8 Å². The molecule has 1 aliphatic heterocycles. The van der Waals surface area contributed by atoms with Gasteiger partial charge in [-0.15, -0.1) is 0 Å². The highest BCUT2D eigenvalue weighted by Crippen LogP contribution is 2.22. The number of amides is 3. The first-order chi connectivity index (χ1) is 12.1. The van der Waals surface area contributed by atoms with E-state index in [0.29, 0.717) is 5.69 Å². The molecule has 0 bridgehead atoms. The summed E-state index contributed by atoms with van der Waals surface area (Å²) < 4.78 is 4.84. The molecule has 0 spiro atoms. The van der Waals surface area contributed by atoms with Crippen LogP contribution in [0.1, 0.15) is 20.7 Å². The van der Waals surface area contributed by atoms with E-state index in [-0.39, 0.29) is 11.1 Å². The number of benzene rings is 2. The molecule has 1 heterocycles. The van der Waals surface area contributed by atoms with Gasteiger partial charge in [0, 0.05) is 5.69 Å². The Hall–Kier alpha value is -3.48. The van der Waals surface area contributed by atoms with E-state index in [0.717, 1.165) is 4.90 Å². The van der Waals surface area contributed by atoms with Crippen LogP contribution in [0, 0.1) is 0 Å². The molecule has 7 nitrogen and oxygen atoms in total. The molecule has 0 atom stereocenters. The third-order valence-corrected chi connectivity index (χ3v) is 3.59. The molecule has 0 radical (unpaired) electrons. The first-order valence-corrected chi connectivity index (χ1v) is 7.52. The normalized spacial score (nSPS) is 12.7. The molecular weight excluding hydrogens is 324 g/mol. The predicted molar refractivity (Wildman–Crippen MR) is 87.8 cm³/mol. The van der Waals surface area contributed by atoms with Crippen molar-refractivity contribution in [1.82, 2.24) is 4.90 Å². The van der Waals surface area contributed by atoms with Crippen molar-refractivity contribution >= 4 is 29.4 Å². The summed E-state index contributed by atoms with van der Waals surface area (Å²) in [6.07, 6.45) is 0. The fraction of sp³-hybridized carbons (Fsp3) is 0.111. The van der Waals surface area contributed by atoms with E-state index in [1.54, 1.807) is 42.5 Å². The predicted octanol–water partition coefficient (Wildman–Crippen LogP) is 1.46. The van der Waals surface area contributed by atoms with E-state index in [9.17, 15) is 19.2 Å². The molecule has 3 amide bonds. The van der Waals surface area contributed by atoms with Crippen LogP contribution in [0.15, 0.2) is 54.6 Å². The van der Waals surface area contributed by atoms with Gasteiger partial charge >= 0.3 is 5.97 Å². The Morgan fingerprint density at radius 2 is 1.44 bits per heavy atom. The van der Waals surface area contributed by atoms with Gasteiger partial charge in [0.05, 0.1) is 11.1 Å². The van der Waals surface area contributed by atoms with Crippen molar-refractivity contribution in [2.45, 2.75) is 0 Å². The average Bonchev–Trinajstić information content (AvgIpc) is 2.86. The van der Waals surface area contributed by atoms with Crippen molar-refractivity contribution in [2.75, 3.05) is 18.5 Å². The van der Waals surface area contributed by atoms with E-state index < -0.39 is 36.8 Å². The monoisotopic (exact) mass is 338 g/mol. The number of ether oxygens (including phenoxy) is 1. The molecule has 0 aliphatic carbocycles. The minimum atomic E-state index is -0.835. The van der Waals surface area contributed by atoms with Crippen molar-refractivity contribution in [3.63, 3.8) is 0 Å². The lowest BCUT2D eigenvalue weighted by Gasteiger charge is -2.13. The highest BCUT2D eigenvalue weighted by atomic mass is 16.5. The number of rotatable bonds is 5. The van der Waals surface area contributed by atoms with Gasteiger partial charge in [-0.3, -0.25) is 24.1 Å². The van der Waals surface area contributed by atoms with Gasteiger partial charge in [-0.1, -0.05) is 30.3 Å². The maximum atomic E-state index is 12.1. The van der Waals surface area contributed by atoms with E-state index in [2.05, 4.69) is 5.32 Å². The summed E-state index contributed by atoms with van der Waals surface area (Å²) in [6.45, 7) is -1.04. The van der Waals surface area contributed by atoms with Gasteiger partial charge in [-0.05, 0) is 24.3 Å². The van der Waals surface area contributed by atoms with Crippen LogP contribution < -0.4 is 5.32 Å². The number of carbonyl (C=O) groups is 4. The standard InChI is InChI=1S/C18H14N2O5/c21-15(19-12-6-2-1-3-7-12)11-25-16(22)10-20-17(23)13-8-4-5-9-14(13)18(20)24/h1-9H,10-11H2,(H,19,21). The molecule has 0 saturated heterocycles. The second-order valence-corrected chi connectivity index (χ2v) is 5.32. The van der Waals surface area contributed by atoms with Crippen molar-refractivity contribution in [3.05, 3.63) is 65.7 Å². The summed E-state index contributed by atoms with van der Waals surface area (Å²) in [5.74, 6) is -2.45. The zero-order valence-electron chi connectivity index (χ0n) is 13.1. The van der Waals surface area contributed by atoms with Crippen LogP contribution >= 0.6 is 0 Å². The lowest BCUT2D eigenvalue weighted by molar-refractivity contribution is -0.147. The fourth-order valence-corrected chi connectivity index (χ4v) is 2.42. The number of imide groups is 1. The molecule has 1 N–H and O–H groups in total. The molecule has 1 aliphatic rings. The van der Waals surface area contributed by atoms with Crippen molar-refractivity contribution in [3.8, 4) is 0 Å². The smallest absolute Gasteiger partial charge is 0.326 e. The number of para-hydroxylation sites is 1. The molecule has 0 fully saturated rings. The summed E-state index contributed by atoms with van der Waals surface area (Å²) in [7, 11) is 0. The maximum absolute atomic E-state index is 12.1. The molecule has 0 unspecified atom stereocenters. The van der Waals surface area contributed by atoms with Gasteiger partial charge < -0.3 is 10.1 Å². The van der Waals surface area contributed by atoms with Gasteiger partial charge in [-0.25, -0.2) is 0 Å². The number of nitrogens with zero attached hydrogens (tertiary/aromatic N) is 1. The van der Waals surface area contributed by atoms with Crippen LogP contribution in [-0.4, -0.2) is 41.7 Å². The third kappa shape index (κ3) is 3.55. The number of hydrogen-bond donors (Lipinski definition) is 1. The molecule has 3 rings (SSSR count). The van der Waals surface area contributed by atoms with E-state index in [1.165, 1.54) is 12.1 Å². The Kier molecular flexibility index (Phi) is 4.56. The Bertz CT molecular complexity index is 813. The van der Waals surface area contributed by atoms with E-state index >= 15 is 0 Å². The minimum Gasteiger partial charge on any atom is -0.454 e. The first-order valence-electron chi connectivity index (χ1n) is 7.52. The molecular formula is C18H14N2O5. The number of fused-ring (bicyclic) bond motifs is 1. The SMILES string of the molecule is O=C(COC(=O)CN1C(=O)c2ccccc2C1=O)Nc1ccccc1. The quantitative estimate of drug-likeness (QED) is 0.658. The third-order valence-electron chi connectivity index (χ3n) is 3.59. The molecule has 7 heteroatoms. The van der Waals surface area contributed by atoms with Crippen molar-refractivity contribution in [1.29, 1.82) is 0 Å². The summed E-state index contributed by atoms with van der Waals surface area (Å²) in [5, 5.41) is 2.56. The number of hydrogen-bond acceptors (Lipinski definition) is 5. The van der Waals surface area contributed by atoms with E-state index in [4.69, 9.17) is 4.74 Å². The lowest BCUT2D eigenvalue weighted by atomic mass is 10.1. The second-order valence-electron chi connectivity index (χ2n) is 5.32. The van der Waals surface area contributed by atoms with Gasteiger partial charge in [0.1, 0.15) is 6.54 Å².